The average molecular weight is 485 g/mol. The van der Waals surface area contributed by atoms with Crippen LogP contribution in [0.2, 0.25) is 0 Å². The maximum Gasteiger partial charge on any atom is 0.279 e. The fourth-order valence-corrected chi connectivity index (χ4v) is 4.16. The predicted molar refractivity (Wildman–Crippen MR) is 143 cm³/mol. The molecule has 0 bridgehead atoms. The molecule has 0 unspecified atom stereocenters. The molecule has 0 saturated heterocycles. The molecule has 4 aromatic rings. The van der Waals surface area contributed by atoms with Crippen LogP contribution < -0.4 is 15.6 Å². The molecule has 186 valence electrons. The van der Waals surface area contributed by atoms with E-state index >= 15 is 0 Å². The molecule has 0 spiro atoms. The van der Waals surface area contributed by atoms with Crippen molar-refractivity contribution in [2.45, 2.75) is 26.8 Å². The molecule has 0 aliphatic heterocycles. The Balaban J connectivity index is 1.48. The Bertz CT molecular complexity index is 1350. The minimum absolute atomic E-state index is 0.232. The van der Waals surface area contributed by atoms with Gasteiger partial charge in [0, 0.05) is 25.0 Å². The molecule has 0 radical (unpaired) electrons. The summed E-state index contributed by atoms with van der Waals surface area (Å²) < 4.78 is 6.78. The summed E-state index contributed by atoms with van der Waals surface area (Å²) in [5.41, 5.74) is 1.81. The van der Waals surface area contributed by atoms with Gasteiger partial charge >= 0.3 is 0 Å². The Labute approximate surface area is 211 Å². The fourth-order valence-electron chi connectivity index (χ4n) is 4.16. The van der Waals surface area contributed by atoms with Crippen LogP contribution in [0.25, 0.3) is 16.5 Å². The first-order valence-electron chi connectivity index (χ1n) is 12.4. The first-order valence-corrected chi connectivity index (χ1v) is 12.4. The number of ether oxygens (including phenoxy) is 1. The number of nitrogens with one attached hydrogen (secondary N) is 1. The van der Waals surface area contributed by atoms with Crippen molar-refractivity contribution in [2.24, 2.45) is 0 Å². The number of rotatable bonds is 11. The van der Waals surface area contributed by atoms with Crippen LogP contribution in [0.15, 0.2) is 83.7 Å². The van der Waals surface area contributed by atoms with Crippen LogP contribution in [-0.4, -0.2) is 46.8 Å². The zero-order valence-corrected chi connectivity index (χ0v) is 20.8. The van der Waals surface area contributed by atoms with Crippen molar-refractivity contribution in [1.29, 1.82) is 0 Å². The highest BCUT2D eigenvalue weighted by Crippen LogP contribution is 2.17. The van der Waals surface area contributed by atoms with Crippen molar-refractivity contribution in [1.82, 2.24) is 20.0 Å². The summed E-state index contributed by atoms with van der Waals surface area (Å²) in [6.07, 6.45) is 0.808. The van der Waals surface area contributed by atoms with Crippen molar-refractivity contribution < 1.29 is 9.53 Å². The minimum atomic E-state index is -0.294. The highest BCUT2D eigenvalue weighted by atomic mass is 16.5. The second-order valence-corrected chi connectivity index (χ2v) is 8.50. The van der Waals surface area contributed by atoms with Gasteiger partial charge in [0.25, 0.3) is 11.5 Å². The summed E-state index contributed by atoms with van der Waals surface area (Å²) >= 11 is 0. The molecule has 4 rings (SSSR count). The van der Waals surface area contributed by atoms with Crippen molar-refractivity contribution in [3.8, 4) is 11.4 Å². The number of carbonyl (C=O) groups excluding carboxylic acids is 1. The van der Waals surface area contributed by atoms with Crippen LogP contribution in [-0.2, 0) is 6.54 Å². The highest BCUT2D eigenvalue weighted by Gasteiger charge is 2.17. The van der Waals surface area contributed by atoms with Gasteiger partial charge in [0.05, 0.1) is 17.7 Å². The second kappa shape index (κ2) is 12.1. The third-order valence-electron chi connectivity index (χ3n) is 6.05. The number of nitrogens with zero attached hydrogens (tertiary/aromatic N) is 3. The van der Waals surface area contributed by atoms with Crippen LogP contribution in [0.1, 0.15) is 36.3 Å². The van der Waals surface area contributed by atoms with E-state index in [1.165, 1.54) is 10.2 Å². The Morgan fingerprint density at radius 1 is 0.944 bits per heavy atom. The molecule has 7 heteroatoms. The maximum absolute atomic E-state index is 13.2. The summed E-state index contributed by atoms with van der Waals surface area (Å²) in [6, 6.07) is 24.6. The summed E-state index contributed by atoms with van der Waals surface area (Å²) in [6.45, 7) is 7.81. The monoisotopic (exact) mass is 484 g/mol. The summed E-state index contributed by atoms with van der Waals surface area (Å²) in [5, 5.41) is 8.46. The number of benzene rings is 3. The molecule has 1 aromatic heterocycles. The maximum atomic E-state index is 13.2. The van der Waals surface area contributed by atoms with E-state index in [4.69, 9.17) is 4.74 Å². The van der Waals surface area contributed by atoms with E-state index < -0.39 is 0 Å². The predicted octanol–water partition coefficient (Wildman–Crippen LogP) is 4.43. The lowest BCUT2D eigenvalue weighted by molar-refractivity contribution is 0.0946. The first-order chi connectivity index (χ1) is 17.6. The molecular weight excluding hydrogens is 452 g/mol. The standard InChI is InChI=1S/C29H32N4O3/c1-3-32(21-22-11-6-5-7-12-22)20-10-19-30-28(34)27-25-13-8-9-14-26(25)29(35)33(31-27)23-15-17-24(18-16-23)36-4-2/h5-9,11-18H,3-4,10,19-21H2,1-2H3,(H,30,34). The Morgan fingerprint density at radius 3 is 2.33 bits per heavy atom. The molecular formula is C29H32N4O3. The molecule has 1 amide bonds. The molecule has 36 heavy (non-hydrogen) atoms. The second-order valence-electron chi connectivity index (χ2n) is 8.50. The molecule has 3 aromatic carbocycles. The van der Waals surface area contributed by atoms with E-state index in [2.05, 4.69) is 34.4 Å². The van der Waals surface area contributed by atoms with E-state index in [0.717, 1.165) is 26.1 Å². The van der Waals surface area contributed by atoms with Gasteiger partial charge in [-0.25, -0.2) is 0 Å². The molecule has 1 heterocycles. The summed E-state index contributed by atoms with van der Waals surface area (Å²) in [7, 11) is 0. The van der Waals surface area contributed by atoms with Crippen LogP contribution >= 0.6 is 0 Å². The quantitative estimate of drug-likeness (QED) is 0.319. The van der Waals surface area contributed by atoms with Gasteiger partial charge in [-0.1, -0.05) is 55.5 Å². The number of hydrogen-bond acceptors (Lipinski definition) is 5. The highest BCUT2D eigenvalue weighted by molar-refractivity contribution is 6.04. The normalized spacial score (nSPS) is 11.1. The number of fused-ring (bicyclic) bond motifs is 1. The molecule has 0 saturated carbocycles. The number of carbonyl (C=O) groups is 1. The molecule has 0 aliphatic rings. The van der Waals surface area contributed by atoms with Crippen LogP contribution in [0.4, 0.5) is 0 Å². The Kier molecular flexibility index (Phi) is 8.47. The van der Waals surface area contributed by atoms with E-state index in [-0.39, 0.29) is 17.2 Å². The lowest BCUT2D eigenvalue weighted by Gasteiger charge is -2.20. The third kappa shape index (κ3) is 5.98. The number of hydrogen-bond donors (Lipinski definition) is 1. The zero-order chi connectivity index (χ0) is 25.3. The van der Waals surface area contributed by atoms with Gasteiger partial charge in [-0.2, -0.15) is 9.78 Å². The third-order valence-corrected chi connectivity index (χ3v) is 6.05. The van der Waals surface area contributed by atoms with E-state index in [1.54, 1.807) is 42.5 Å². The van der Waals surface area contributed by atoms with Crippen LogP contribution in [0, 0.1) is 0 Å². The van der Waals surface area contributed by atoms with Crippen molar-refractivity contribution in [3.05, 3.63) is 100 Å². The van der Waals surface area contributed by atoms with Crippen molar-refractivity contribution in [2.75, 3.05) is 26.2 Å². The van der Waals surface area contributed by atoms with E-state index in [9.17, 15) is 9.59 Å². The van der Waals surface area contributed by atoms with Gasteiger partial charge in [0.15, 0.2) is 5.69 Å². The molecule has 0 fully saturated rings. The van der Waals surface area contributed by atoms with Crippen LogP contribution in [0.5, 0.6) is 5.75 Å². The average Bonchev–Trinajstić information content (AvgIpc) is 2.92. The summed E-state index contributed by atoms with van der Waals surface area (Å²) in [4.78, 5) is 28.7. The fraction of sp³-hybridized carbons (Fsp3) is 0.276. The molecule has 7 nitrogen and oxygen atoms in total. The van der Waals surface area contributed by atoms with Gasteiger partial charge in [0.1, 0.15) is 5.75 Å². The lowest BCUT2D eigenvalue weighted by atomic mass is 10.1. The largest absolute Gasteiger partial charge is 0.494 e. The SMILES string of the molecule is CCOc1ccc(-n2nc(C(=O)NCCCN(CC)Cc3ccccc3)c3ccccc3c2=O)cc1. The Hall–Kier alpha value is -3.97. The molecule has 0 aliphatic carbocycles. The smallest absolute Gasteiger partial charge is 0.279 e. The van der Waals surface area contributed by atoms with Gasteiger partial charge in [-0.3, -0.25) is 14.5 Å². The topological polar surface area (TPSA) is 76.5 Å². The van der Waals surface area contributed by atoms with Gasteiger partial charge in [-0.15, -0.1) is 0 Å². The summed E-state index contributed by atoms with van der Waals surface area (Å²) in [5.74, 6) is 0.415. The van der Waals surface area contributed by atoms with Crippen LogP contribution in [0.3, 0.4) is 0 Å². The van der Waals surface area contributed by atoms with Crippen molar-refractivity contribution >= 4 is 16.7 Å². The number of aromatic nitrogens is 2. The molecule has 0 atom stereocenters. The zero-order valence-electron chi connectivity index (χ0n) is 20.8. The van der Waals surface area contributed by atoms with Gasteiger partial charge in [0.2, 0.25) is 0 Å². The molecule has 1 N–H and O–H groups in total. The lowest BCUT2D eigenvalue weighted by Crippen LogP contribution is -2.32. The van der Waals surface area contributed by atoms with E-state index in [1.807, 2.05) is 31.2 Å². The van der Waals surface area contributed by atoms with Gasteiger partial charge in [-0.05, 0) is 55.8 Å². The number of amides is 1. The Morgan fingerprint density at radius 2 is 1.64 bits per heavy atom. The minimum Gasteiger partial charge on any atom is -0.494 e. The van der Waals surface area contributed by atoms with E-state index in [0.29, 0.717) is 35.4 Å². The first kappa shape index (κ1) is 25.1. The van der Waals surface area contributed by atoms with Gasteiger partial charge < -0.3 is 10.1 Å². The van der Waals surface area contributed by atoms with Crippen molar-refractivity contribution in [3.63, 3.8) is 0 Å².